The molecule has 1 amide bonds. The van der Waals surface area contributed by atoms with Crippen molar-refractivity contribution < 1.29 is 24.5 Å². The molecule has 0 fully saturated rings. The molecular weight excluding hydrogens is 312 g/mol. The zero-order chi connectivity index (χ0) is 17.3. The molecule has 0 aliphatic carbocycles. The van der Waals surface area contributed by atoms with Crippen LogP contribution < -0.4 is 14.9 Å². The second kappa shape index (κ2) is 6.11. The smallest absolute Gasteiger partial charge is 0.271 e. The summed E-state index contributed by atoms with van der Waals surface area (Å²) in [7, 11) is 0. The van der Waals surface area contributed by atoms with E-state index in [-0.39, 0.29) is 18.3 Å². The Bertz CT molecular complexity index is 845. The van der Waals surface area contributed by atoms with Crippen LogP contribution in [-0.2, 0) is 0 Å². The Morgan fingerprint density at radius 1 is 1.21 bits per heavy atom. The zero-order valence-electron chi connectivity index (χ0n) is 13.2. The number of ether oxygens (including phenoxy) is 2. The molecule has 0 saturated heterocycles. The number of aryl methyl sites for hydroxylation is 1. The second-order valence-corrected chi connectivity index (χ2v) is 5.37. The SMILES string of the molecule is Cc1cc(O)c(C)c(O)c1/C=N/NC(=O)c1ccc2c(c1)OCO2. The number of nitrogens with one attached hydrogen (secondary N) is 1. The number of nitrogens with zero attached hydrogens (tertiary/aromatic N) is 1. The Morgan fingerprint density at radius 3 is 2.75 bits per heavy atom. The largest absolute Gasteiger partial charge is 0.508 e. The van der Waals surface area contributed by atoms with E-state index in [0.29, 0.717) is 33.8 Å². The fourth-order valence-corrected chi connectivity index (χ4v) is 2.32. The Balaban J connectivity index is 1.75. The lowest BCUT2D eigenvalue weighted by Crippen LogP contribution is -2.17. The van der Waals surface area contributed by atoms with Crippen LogP contribution in [0, 0.1) is 13.8 Å². The summed E-state index contributed by atoms with van der Waals surface area (Å²) < 4.78 is 10.4. The van der Waals surface area contributed by atoms with E-state index in [4.69, 9.17) is 9.47 Å². The standard InChI is InChI=1S/C17H16N2O5/c1-9-5-13(20)10(2)16(21)12(9)7-18-19-17(22)11-3-4-14-15(6-11)24-8-23-14/h3-7,20-21H,8H2,1-2H3,(H,19,22)/b18-7+. The van der Waals surface area contributed by atoms with Crippen LogP contribution >= 0.6 is 0 Å². The summed E-state index contributed by atoms with van der Waals surface area (Å²) in [5, 5.41) is 23.6. The molecule has 0 saturated carbocycles. The van der Waals surface area contributed by atoms with Crippen molar-refractivity contribution in [2.24, 2.45) is 5.10 Å². The molecular formula is C17H16N2O5. The maximum absolute atomic E-state index is 12.1. The Kier molecular flexibility index (Phi) is 3.99. The molecule has 0 unspecified atom stereocenters. The van der Waals surface area contributed by atoms with Crippen LogP contribution in [0.5, 0.6) is 23.0 Å². The summed E-state index contributed by atoms with van der Waals surface area (Å²) >= 11 is 0. The molecule has 24 heavy (non-hydrogen) atoms. The first-order chi connectivity index (χ1) is 11.5. The highest BCUT2D eigenvalue weighted by Crippen LogP contribution is 2.33. The molecule has 1 aliphatic heterocycles. The number of hydrazone groups is 1. The van der Waals surface area contributed by atoms with E-state index < -0.39 is 5.91 Å². The number of carbonyl (C=O) groups is 1. The number of phenolic OH excluding ortho intramolecular Hbond substituents is 2. The van der Waals surface area contributed by atoms with Crippen molar-refractivity contribution in [2.75, 3.05) is 6.79 Å². The van der Waals surface area contributed by atoms with Crippen molar-refractivity contribution in [2.45, 2.75) is 13.8 Å². The third kappa shape index (κ3) is 2.83. The van der Waals surface area contributed by atoms with Crippen LogP contribution in [0.15, 0.2) is 29.4 Å². The Labute approximate surface area is 138 Å². The minimum absolute atomic E-state index is 0.00606. The van der Waals surface area contributed by atoms with Gasteiger partial charge in [-0.2, -0.15) is 5.10 Å². The number of benzene rings is 2. The van der Waals surface area contributed by atoms with Gasteiger partial charge >= 0.3 is 0 Å². The fourth-order valence-electron chi connectivity index (χ4n) is 2.32. The van der Waals surface area contributed by atoms with Gasteiger partial charge < -0.3 is 19.7 Å². The Morgan fingerprint density at radius 2 is 1.96 bits per heavy atom. The van der Waals surface area contributed by atoms with Gasteiger partial charge in [-0.15, -0.1) is 0 Å². The van der Waals surface area contributed by atoms with Gasteiger partial charge in [0.05, 0.1) is 6.21 Å². The normalized spacial score (nSPS) is 12.6. The molecule has 0 atom stereocenters. The van der Waals surface area contributed by atoms with E-state index in [2.05, 4.69) is 10.5 Å². The molecule has 0 spiro atoms. The highest BCUT2D eigenvalue weighted by atomic mass is 16.7. The van der Waals surface area contributed by atoms with E-state index in [9.17, 15) is 15.0 Å². The number of aromatic hydroxyl groups is 2. The van der Waals surface area contributed by atoms with E-state index in [1.807, 2.05) is 0 Å². The summed E-state index contributed by atoms with van der Waals surface area (Å²) in [5.74, 6) is 0.613. The summed E-state index contributed by atoms with van der Waals surface area (Å²) in [6.07, 6.45) is 1.34. The van der Waals surface area contributed by atoms with Crippen molar-refractivity contribution in [1.29, 1.82) is 0 Å². The average molecular weight is 328 g/mol. The minimum atomic E-state index is -0.419. The van der Waals surface area contributed by atoms with Crippen LogP contribution in [0.25, 0.3) is 0 Å². The van der Waals surface area contributed by atoms with Crippen molar-refractivity contribution in [3.63, 3.8) is 0 Å². The fraction of sp³-hybridized carbons (Fsp3) is 0.176. The number of hydrogen-bond acceptors (Lipinski definition) is 6. The van der Waals surface area contributed by atoms with Crippen LogP contribution in [0.2, 0.25) is 0 Å². The number of rotatable bonds is 3. The van der Waals surface area contributed by atoms with Crippen LogP contribution in [0.4, 0.5) is 0 Å². The van der Waals surface area contributed by atoms with Crippen molar-refractivity contribution in [3.05, 3.63) is 46.5 Å². The first-order valence-electron chi connectivity index (χ1n) is 7.22. The highest BCUT2D eigenvalue weighted by molar-refractivity contribution is 5.96. The summed E-state index contributed by atoms with van der Waals surface area (Å²) in [6, 6.07) is 6.35. The van der Waals surface area contributed by atoms with Crippen molar-refractivity contribution >= 4 is 12.1 Å². The maximum Gasteiger partial charge on any atom is 0.271 e. The predicted octanol–water partition coefficient (Wildman–Crippen LogP) is 2.21. The lowest BCUT2D eigenvalue weighted by atomic mass is 10.0. The molecule has 2 aromatic carbocycles. The molecule has 7 nitrogen and oxygen atoms in total. The first kappa shape index (κ1) is 15.7. The molecule has 1 aliphatic rings. The minimum Gasteiger partial charge on any atom is -0.508 e. The summed E-state index contributed by atoms with van der Waals surface area (Å²) in [4.78, 5) is 12.1. The van der Waals surface area contributed by atoms with Crippen molar-refractivity contribution in [1.82, 2.24) is 5.43 Å². The van der Waals surface area contributed by atoms with Gasteiger partial charge in [0, 0.05) is 16.7 Å². The lowest BCUT2D eigenvalue weighted by Gasteiger charge is -2.08. The van der Waals surface area contributed by atoms with E-state index >= 15 is 0 Å². The third-order valence-corrected chi connectivity index (χ3v) is 3.77. The zero-order valence-corrected chi connectivity index (χ0v) is 13.2. The van der Waals surface area contributed by atoms with Gasteiger partial charge in [-0.05, 0) is 43.7 Å². The van der Waals surface area contributed by atoms with Gasteiger partial charge in [0.25, 0.3) is 5.91 Å². The van der Waals surface area contributed by atoms with E-state index in [0.717, 1.165) is 0 Å². The van der Waals surface area contributed by atoms with Crippen LogP contribution in [0.1, 0.15) is 27.0 Å². The molecule has 3 rings (SSSR count). The second-order valence-electron chi connectivity index (χ2n) is 5.37. The molecule has 0 aromatic heterocycles. The van der Waals surface area contributed by atoms with Gasteiger partial charge in [-0.1, -0.05) is 0 Å². The molecule has 0 radical (unpaired) electrons. The number of amides is 1. The first-order valence-corrected chi connectivity index (χ1v) is 7.22. The van der Waals surface area contributed by atoms with Gasteiger partial charge in [0.1, 0.15) is 11.5 Å². The van der Waals surface area contributed by atoms with E-state index in [1.165, 1.54) is 12.3 Å². The van der Waals surface area contributed by atoms with Crippen LogP contribution in [-0.4, -0.2) is 29.1 Å². The molecule has 1 heterocycles. The van der Waals surface area contributed by atoms with Gasteiger partial charge in [0.2, 0.25) is 6.79 Å². The maximum atomic E-state index is 12.1. The molecule has 124 valence electrons. The number of carbonyl (C=O) groups excluding carboxylic acids is 1. The third-order valence-electron chi connectivity index (χ3n) is 3.77. The predicted molar refractivity (Wildman–Crippen MR) is 86.9 cm³/mol. The lowest BCUT2D eigenvalue weighted by molar-refractivity contribution is 0.0954. The average Bonchev–Trinajstić information content (AvgIpc) is 3.03. The monoisotopic (exact) mass is 328 g/mol. The Hall–Kier alpha value is -3.22. The molecule has 0 bridgehead atoms. The van der Waals surface area contributed by atoms with Gasteiger partial charge in [-0.25, -0.2) is 5.43 Å². The summed E-state index contributed by atoms with van der Waals surface area (Å²) in [6.45, 7) is 3.45. The van der Waals surface area contributed by atoms with Gasteiger partial charge in [-0.3, -0.25) is 4.79 Å². The van der Waals surface area contributed by atoms with Crippen molar-refractivity contribution in [3.8, 4) is 23.0 Å². The van der Waals surface area contributed by atoms with Crippen LogP contribution in [0.3, 0.4) is 0 Å². The van der Waals surface area contributed by atoms with Gasteiger partial charge in [0.15, 0.2) is 11.5 Å². The highest BCUT2D eigenvalue weighted by Gasteiger charge is 2.16. The molecule has 7 heteroatoms. The number of hydrogen-bond donors (Lipinski definition) is 3. The number of fused-ring (bicyclic) bond motifs is 1. The molecule has 3 N–H and O–H groups in total. The molecule has 2 aromatic rings. The topological polar surface area (TPSA) is 100 Å². The number of phenols is 2. The van der Waals surface area contributed by atoms with E-state index in [1.54, 1.807) is 32.0 Å². The summed E-state index contributed by atoms with van der Waals surface area (Å²) in [5.41, 5.74) is 4.18. The quantitative estimate of drug-likeness (QED) is 0.592.